The normalized spacial score (nSPS) is 11.8. The lowest BCUT2D eigenvalue weighted by Gasteiger charge is -2.16. The molecule has 7 heteroatoms. The molecule has 0 aromatic heterocycles. The van der Waals surface area contributed by atoms with E-state index in [4.69, 9.17) is 17.3 Å². The molecule has 0 saturated carbocycles. The Balaban J connectivity index is 2.17. The molecule has 1 atom stereocenters. The van der Waals surface area contributed by atoms with E-state index in [0.717, 1.165) is 16.1 Å². The summed E-state index contributed by atoms with van der Waals surface area (Å²) in [6.45, 7) is 0. The molecule has 2 amide bonds. The van der Waals surface area contributed by atoms with Crippen LogP contribution in [-0.4, -0.2) is 17.9 Å². The number of amides is 2. The van der Waals surface area contributed by atoms with Crippen LogP contribution in [-0.2, 0) is 11.2 Å². The van der Waals surface area contributed by atoms with Crippen molar-refractivity contribution in [2.75, 3.05) is 0 Å². The quantitative estimate of drug-likeness (QED) is 0.811. The van der Waals surface area contributed by atoms with Gasteiger partial charge in [0.1, 0.15) is 11.9 Å². The monoisotopic (exact) mass is 398 g/mol. The van der Waals surface area contributed by atoms with Crippen LogP contribution in [0.3, 0.4) is 0 Å². The third-order valence-corrected chi connectivity index (χ3v) is 4.18. The van der Waals surface area contributed by atoms with Gasteiger partial charge in [0.15, 0.2) is 0 Å². The molecular formula is C16H13BrClFN2O2. The molecule has 0 aliphatic carbocycles. The zero-order valence-electron chi connectivity index (χ0n) is 11.9. The smallest absolute Gasteiger partial charge is 0.252 e. The molecule has 23 heavy (non-hydrogen) atoms. The Kier molecular flexibility index (Phi) is 5.74. The van der Waals surface area contributed by atoms with Crippen LogP contribution in [0.25, 0.3) is 0 Å². The van der Waals surface area contributed by atoms with Crippen LogP contribution in [0.2, 0.25) is 5.02 Å². The van der Waals surface area contributed by atoms with Crippen LogP contribution in [0.4, 0.5) is 4.39 Å². The van der Waals surface area contributed by atoms with Gasteiger partial charge in [-0.15, -0.1) is 0 Å². The van der Waals surface area contributed by atoms with Crippen molar-refractivity contribution in [3.8, 4) is 0 Å². The van der Waals surface area contributed by atoms with Crippen LogP contribution >= 0.6 is 27.5 Å². The molecule has 4 nitrogen and oxygen atoms in total. The minimum absolute atomic E-state index is 0.112. The topological polar surface area (TPSA) is 72.2 Å². The molecular weight excluding hydrogens is 387 g/mol. The first-order valence-corrected chi connectivity index (χ1v) is 7.83. The number of hydrogen-bond donors (Lipinski definition) is 2. The van der Waals surface area contributed by atoms with E-state index < -0.39 is 23.7 Å². The van der Waals surface area contributed by atoms with E-state index in [1.165, 1.54) is 18.2 Å². The Morgan fingerprint density at radius 3 is 2.65 bits per heavy atom. The second-order valence-corrected chi connectivity index (χ2v) is 6.17. The number of primary amides is 1. The number of benzene rings is 2. The number of rotatable bonds is 5. The van der Waals surface area contributed by atoms with Crippen molar-refractivity contribution in [1.82, 2.24) is 5.32 Å². The van der Waals surface area contributed by atoms with Crippen molar-refractivity contribution in [1.29, 1.82) is 0 Å². The molecule has 3 N–H and O–H groups in total. The van der Waals surface area contributed by atoms with Crippen molar-refractivity contribution < 1.29 is 14.0 Å². The summed E-state index contributed by atoms with van der Waals surface area (Å²) < 4.78 is 13.9. The van der Waals surface area contributed by atoms with Gasteiger partial charge in [0.25, 0.3) is 5.91 Å². The molecule has 2 aromatic rings. The molecule has 0 aliphatic heterocycles. The molecule has 0 heterocycles. The van der Waals surface area contributed by atoms with E-state index in [-0.39, 0.29) is 12.0 Å². The minimum Gasteiger partial charge on any atom is -0.368 e. The van der Waals surface area contributed by atoms with Crippen LogP contribution in [0, 0.1) is 5.82 Å². The van der Waals surface area contributed by atoms with Gasteiger partial charge >= 0.3 is 0 Å². The third-order valence-electron chi connectivity index (χ3n) is 3.17. The summed E-state index contributed by atoms with van der Waals surface area (Å²) in [5.41, 5.74) is 6.19. The second kappa shape index (κ2) is 7.57. The Morgan fingerprint density at radius 1 is 1.26 bits per heavy atom. The van der Waals surface area contributed by atoms with Gasteiger partial charge < -0.3 is 11.1 Å². The van der Waals surface area contributed by atoms with Crippen molar-refractivity contribution >= 4 is 39.3 Å². The van der Waals surface area contributed by atoms with Gasteiger partial charge in [-0.3, -0.25) is 9.59 Å². The summed E-state index contributed by atoms with van der Waals surface area (Å²) in [6.07, 6.45) is 0.164. The van der Waals surface area contributed by atoms with E-state index in [1.54, 1.807) is 18.2 Å². The van der Waals surface area contributed by atoms with Crippen molar-refractivity contribution in [3.63, 3.8) is 0 Å². The van der Waals surface area contributed by atoms with Gasteiger partial charge in [-0.05, 0) is 42.0 Å². The predicted octanol–water partition coefficient (Wildman–Crippen LogP) is 3.07. The van der Waals surface area contributed by atoms with Crippen LogP contribution in [0.15, 0.2) is 46.9 Å². The number of nitrogens with one attached hydrogen (secondary N) is 1. The molecule has 0 aliphatic rings. The first kappa shape index (κ1) is 17.4. The first-order valence-electron chi connectivity index (χ1n) is 6.66. The van der Waals surface area contributed by atoms with E-state index in [2.05, 4.69) is 21.2 Å². The number of hydrogen-bond acceptors (Lipinski definition) is 2. The zero-order valence-corrected chi connectivity index (χ0v) is 14.2. The van der Waals surface area contributed by atoms with Gasteiger partial charge in [0.05, 0.1) is 0 Å². The average molecular weight is 400 g/mol. The number of carbonyl (C=O) groups is 2. The fourth-order valence-corrected chi connectivity index (χ4v) is 2.62. The lowest BCUT2D eigenvalue weighted by atomic mass is 10.0. The largest absolute Gasteiger partial charge is 0.368 e. The molecule has 0 bridgehead atoms. The lowest BCUT2D eigenvalue weighted by Crippen LogP contribution is -2.45. The molecule has 0 saturated heterocycles. The highest BCUT2D eigenvalue weighted by atomic mass is 79.9. The maximum Gasteiger partial charge on any atom is 0.252 e. The fraction of sp³-hybridized carbons (Fsp3) is 0.125. The molecule has 0 fully saturated rings. The Labute approximate surface area is 145 Å². The minimum atomic E-state index is -0.944. The summed E-state index contributed by atoms with van der Waals surface area (Å²) in [7, 11) is 0. The molecule has 0 spiro atoms. The van der Waals surface area contributed by atoms with Gasteiger partial charge in [0, 0.05) is 21.5 Å². The number of halogens is 3. The Morgan fingerprint density at radius 2 is 2.00 bits per heavy atom. The molecule has 0 radical (unpaired) electrons. The van der Waals surface area contributed by atoms with E-state index in [1.807, 2.05) is 0 Å². The summed E-state index contributed by atoms with van der Waals surface area (Å²) in [4.78, 5) is 23.7. The van der Waals surface area contributed by atoms with Gasteiger partial charge in [0.2, 0.25) is 5.91 Å². The van der Waals surface area contributed by atoms with E-state index in [9.17, 15) is 14.0 Å². The Hall–Kier alpha value is -1.92. The average Bonchev–Trinajstić information content (AvgIpc) is 2.50. The highest BCUT2D eigenvalue weighted by Gasteiger charge is 2.21. The van der Waals surface area contributed by atoms with Gasteiger partial charge in [-0.2, -0.15) is 0 Å². The SMILES string of the molecule is NC(=O)[C@@H](Cc1cc(Cl)ccc1Br)NC(=O)c1cccc(F)c1. The van der Waals surface area contributed by atoms with Crippen molar-refractivity contribution in [2.24, 2.45) is 5.73 Å². The van der Waals surface area contributed by atoms with Gasteiger partial charge in [-0.25, -0.2) is 4.39 Å². The predicted molar refractivity (Wildman–Crippen MR) is 89.7 cm³/mol. The molecule has 2 aromatic carbocycles. The summed E-state index contributed by atoms with van der Waals surface area (Å²) in [5, 5.41) is 3.01. The van der Waals surface area contributed by atoms with Crippen LogP contribution in [0.5, 0.6) is 0 Å². The lowest BCUT2D eigenvalue weighted by molar-refractivity contribution is -0.119. The Bertz CT molecular complexity index is 755. The number of carbonyl (C=O) groups excluding carboxylic acids is 2. The van der Waals surface area contributed by atoms with Crippen molar-refractivity contribution in [3.05, 3.63) is 68.9 Å². The summed E-state index contributed by atoms with van der Waals surface area (Å²) in [5.74, 6) is -1.81. The maximum atomic E-state index is 13.2. The van der Waals surface area contributed by atoms with Gasteiger partial charge in [-0.1, -0.05) is 33.6 Å². The van der Waals surface area contributed by atoms with Crippen molar-refractivity contribution in [2.45, 2.75) is 12.5 Å². The molecule has 120 valence electrons. The highest BCUT2D eigenvalue weighted by molar-refractivity contribution is 9.10. The maximum absolute atomic E-state index is 13.2. The first-order chi connectivity index (χ1) is 10.9. The zero-order chi connectivity index (χ0) is 17.0. The summed E-state index contributed by atoms with van der Waals surface area (Å²) >= 11 is 9.29. The molecule has 0 unspecified atom stereocenters. The standard InChI is InChI=1S/C16H13BrClFN2O2/c17-13-5-4-11(18)6-10(13)8-14(15(20)22)21-16(23)9-2-1-3-12(19)7-9/h1-7,14H,8H2,(H2,20,22)(H,21,23)/t14-/m1/s1. The van der Waals surface area contributed by atoms with E-state index in [0.29, 0.717) is 5.02 Å². The fourth-order valence-electron chi connectivity index (χ4n) is 2.01. The second-order valence-electron chi connectivity index (χ2n) is 4.88. The molecule has 2 rings (SSSR count). The van der Waals surface area contributed by atoms with Crippen LogP contribution < -0.4 is 11.1 Å². The number of nitrogens with two attached hydrogens (primary N) is 1. The van der Waals surface area contributed by atoms with E-state index >= 15 is 0 Å². The summed E-state index contributed by atoms with van der Waals surface area (Å²) in [6, 6.07) is 9.34. The highest BCUT2D eigenvalue weighted by Crippen LogP contribution is 2.22. The third kappa shape index (κ3) is 4.77. The van der Waals surface area contributed by atoms with Crippen LogP contribution in [0.1, 0.15) is 15.9 Å².